The number of likely N-dealkylation sites (N-methyl/N-ethyl adjacent to an activating group) is 1. The second kappa shape index (κ2) is 5.54. The SMILES string of the molecule is CCNC(Cc1ccc(F)cc1)c1ncn[nH]1. The van der Waals surface area contributed by atoms with Crippen molar-refractivity contribution in [1.29, 1.82) is 0 Å². The van der Waals surface area contributed by atoms with Crippen LogP contribution in [0.3, 0.4) is 0 Å². The summed E-state index contributed by atoms with van der Waals surface area (Å²) in [5.41, 5.74) is 1.06. The molecule has 1 aromatic heterocycles. The zero-order valence-corrected chi connectivity index (χ0v) is 9.65. The Morgan fingerprint density at radius 3 is 2.71 bits per heavy atom. The summed E-state index contributed by atoms with van der Waals surface area (Å²) in [6.07, 6.45) is 2.24. The number of nitrogens with zero attached hydrogens (tertiary/aromatic N) is 2. The molecule has 0 aliphatic heterocycles. The van der Waals surface area contributed by atoms with Gasteiger partial charge < -0.3 is 5.32 Å². The molecular weight excluding hydrogens is 219 g/mol. The summed E-state index contributed by atoms with van der Waals surface area (Å²) in [5.74, 6) is 0.588. The number of H-pyrrole nitrogens is 1. The molecule has 1 aromatic carbocycles. The highest BCUT2D eigenvalue weighted by Gasteiger charge is 2.13. The molecule has 0 saturated carbocycles. The van der Waals surface area contributed by atoms with E-state index in [1.54, 1.807) is 12.1 Å². The molecule has 0 saturated heterocycles. The van der Waals surface area contributed by atoms with Gasteiger partial charge in [-0.3, -0.25) is 5.10 Å². The molecule has 0 aliphatic rings. The Hall–Kier alpha value is -1.75. The molecule has 2 aromatic rings. The highest BCUT2D eigenvalue weighted by atomic mass is 19.1. The van der Waals surface area contributed by atoms with Gasteiger partial charge in [0, 0.05) is 0 Å². The van der Waals surface area contributed by atoms with Crippen molar-refractivity contribution in [1.82, 2.24) is 20.5 Å². The van der Waals surface area contributed by atoms with E-state index in [4.69, 9.17) is 0 Å². The molecule has 90 valence electrons. The largest absolute Gasteiger partial charge is 0.307 e. The van der Waals surface area contributed by atoms with Crippen LogP contribution in [0.1, 0.15) is 24.4 Å². The summed E-state index contributed by atoms with van der Waals surface area (Å²) in [6, 6.07) is 6.59. The number of nitrogens with one attached hydrogen (secondary N) is 2. The lowest BCUT2D eigenvalue weighted by Crippen LogP contribution is -2.24. The molecule has 0 radical (unpaired) electrons. The molecule has 0 bridgehead atoms. The minimum atomic E-state index is -0.214. The molecule has 1 atom stereocenters. The van der Waals surface area contributed by atoms with E-state index >= 15 is 0 Å². The van der Waals surface area contributed by atoms with Crippen molar-refractivity contribution in [3.63, 3.8) is 0 Å². The Morgan fingerprint density at radius 2 is 2.12 bits per heavy atom. The molecule has 1 heterocycles. The van der Waals surface area contributed by atoms with Crippen LogP contribution in [-0.4, -0.2) is 21.7 Å². The van der Waals surface area contributed by atoms with Gasteiger partial charge in [0.15, 0.2) is 0 Å². The summed E-state index contributed by atoms with van der Waals surface area (Å²) in [5, 5.41) is 10.0. The number of aromatic nitrogens is 3. The van der Waals surface area contributed by atoms with Crippen LogP contribution >= 0.6 is 0 Å². The lowest BCUT2D eigenvalue weighted by molar-refractivity contribution is 0.522. The van der Waals surface area contributed by atoms with Crippen LogP contribution in [-0.2, 0) is 6.42 Å². The third-order valence-electron chi connectivity index (χ3n) is 2.57. The predicted molar refractivity (Wildman–Crippen MR) is 62.9 cm³/mol. The van der Waals surface area contributed by atoms with Crippen molar-refractivity contribution in [2.24, 2.45) is 0 Å². The van der Waals surface area contributed by atoms with Gasteiger partial charge in [-0.05, 0) is 30.7 Å². The van der Waals surface area contributed by atoms with Crippen LogP contribution < -0.4 is 5.32 Å². The van der Waals surface area contributed by atoms with Crippen molar-refractivity contribution in [2.75, 3.05) is 6.54 Å². The molecule has 1 unspecified atom stereocenters. The number of halogens is 1. The normalized spacial score (nSPS) is 12.6. The molecule has 4 nitrogen and oxygen atoms in total. The van der Waals surface area contributed by atoms with Crippen molar-refractivity contribution in [3.05, 3.63) is 47.8 Å². The highest BCUT2D eigenvalue weighted by molar-refractivity contribution is 5.18. The monoisotopic (exact) mass is 234 g/mol. The maximum absolute atomic E-state index is 12.8. The third-order valence-corrected chi connectivity index (χ3v) is 2.57. The summed E-state index contributed by atoms with van der Waals surface area (Å²) in [4.78, 5) is 4.15. The van der Waals surface area contributed by atoms with Crippen molar-refractivity contribution in [2.45, 2.75) is 19.4 Å². The summed E-state index contributed by atoms with van der Waals surface area (Å²) < 4.78 is 12.8. The van der Waals surface area contributed by atoms with E-state index in [1.165, 1.54) is 18.5 Å². The molecule has 2 rings (SSSR count). The number of hydrogen-bond donors (Lipinski definition) is 2. The minimum absolute atomic E-state index is 0.0768. The first-order valence-electron chi connectivity index (χ1n) is 5.62. The Morgan fingerprint density at radius 1 is 1.35 bits per heavy atom. The van der Waals surface area contributed by atoms with E-state index in [1.807, 2.05) is 6.92 Å². The van der Waals surface area contributed by atoms with E-state index < -0.39 is 0 Å². The molecular formula is C12H15FN4. The maximum atomic E-state index is 12.8. The van der Waals surface area contributed by atoms with E-state index in [0.29, 0.717) is 0 Å². The third kappa shape index (κ3) is 3.10. The van der Waals surface area contributed by atoms with Gasteiger partial charge >= 0.3 is 0 Å². The number of aromatic amines is 1. The smallest absolute Gasteiger partial charge is 0.141 e. The summed E-state index contributed by atoms with van der Waals surface area (Å²) >= 11 is 0. The van der Waals surface area contributed by atoms with Crippen LogP contribution in [0.15, 0.2) is 30.6 Å². The molecule has 17 heavy (non-hydrogen) atoms. The lowest BCUT2D eigenvalue weighted by Gasteiger charge is -2.15. The number of rotatable bonds is 5. The van der Waals surface area contributed by atoms with Crippen molar-refractivity contribution in [3.8, 4) is 0 Å². The van der Waals surface area contributed by atoms with Gasteiger partial charge in [0.1, 0.15) is 18.0 Å². The van der Waals surface area contributed by atoms with Crippen LogP contribution in [0, 0.1) is 5.82 Å². The zero-order valence-electron chi connectivity index (χ0n) is 9.65. The van der Waals surface area contributed by atoms with Gasteiger partial charge in [-0.25, -0.2) is 9.37 Å². The van der Waals surface area contributed by atoms with E-state index in [-0.39, 0.29) is 11.9 Å². The topological polar surface area (TPSA) is 53.6 Å². The molecule has 0 spiro atoms. The second-order valence-electron chi connectivity index (χ2n) is 3.81. The Balaban J connectivity index is 2.10. The number of hydrogen-bond acceptors (Lipinski definition) is 3. The summed E-state index contributed by atoms with van der Waals surface area (Å²) in [7, 11) is 0. The van der Waals surface area contributed by atoms with E-state index in [9.17, 15) is 4.39 Å². The average molecular weight is 234 g/mol. The van der Waals surface area contributed by atoms with Crippen LogP contribution in [0.5, 0.6) is 0 Å². The minimum Gasteiger partial charge on any atom is -0.307 e. The van der Waals surface area contributed by atoms with Crippen LogP contribution in [0.2, 0.25) is 0 Å². The van der Waals surface area contributed by atoms with Gasteiger partial charge in [-0.2, -0.15) is 5.10 Å². The molecule has 0 fully saturated rings. The van der Waals surface area contributed by atoms with E-state index in [2.05, 4.69) is 20.5 Å². The van der Waals surface area contributed by atoms with Gasteiger partial charge in [0.25, 0.3) is 0 Å². The van der Waals surface area contributed by atoms with Gasteiger partial charge in [0.2, 0.25) is 0 Å². The highest BCUT2D eigenvalue weighted by Crippen LogP contribution is 2.14. The Labute approximate surface area is 99.3 Å². The Bertz CT molecular complexity index is 438. The fraction of sp³-hybridized carbons (Fsp3) is 0.333. The molecule has 0 aliphatic carbocycles. The fourth-order valence-corrected chi connectivity index (χ4v) is 1.75. The zero-order chi connectivity index (χ0) is 12.1. The van der Waals surface area contributed by atoms with Gasteiger partial charge in [-0.1, -0.05) is 19.1 Å². The first-order valence-corrected chi connectivity index (χ1v) is 5.62. The van der Waals surface area contributed by atoms with Crippen LogP contribution in [0.25, 0.3) is 0 Å². The predicted octanol–water partition coefficient (Wildman–Crippen LogP) is 1.84. The van der Waals surface area contributed by atoms with Crippen molar-refractivity contribution < 1.29 is 4.39 Å². The summed E-state index contributed by atoms with van der Waals surface area (Å²) in [6.45, 7) is 2.88. The van der Waals surface area contributed by atoms with E-state index in [0.717, 1.165) is 24.4 Å². The first kappa shape index (κ1) is 11.7. The molecule has 5 heteroatoms. The number of benzene rings is 1. The lowest BCUT2D eigenvalue weighted by atomic mass is 10.1. The van der Waals surface area contributed by atoms with Crippen LogP contribution in [0.4, 0.5) is 4.39 Å². The quantitative estimate of drug-likeness (QED) is 0.830. The van der Waals surface area contributed by atoms with Crippen molar-refractivity contribution >= 4 is 0 Å². The standard InChI is InChI=1S/C12H15FN4/c1-2-14-11(12-15-8-16-17-12)7-9-3-5-10(13)6-4-9/h3-6,8,11,14H,2,7H2,1H3,(H,15,16,17). The molecule has 2 N–H and O–H groups in total. The first-order chi connectivity index (χ1) is 8.29. The fourth-order valence-electron chi connectivity index (χ4n) is 1.75. The molecule has 0 amide bonds. The second-order valence-corrected chi connectivity index (χ2v) is 3.81. The van der Waals surface area contributed by atoms with Gasteiger partial charge in [-0.15, -0.1) is 0 Å². The van der Waals surface area contributed by atoms with Gasteiger partial charge in [0.05, 0.1) is 6.04 Å². The average Bonchev–Trinajstić information content (AvgIpc) is 2.85. The Kier molecular flexibility index (Phi) is 3.82. The maximum Gasteiger partial charge on any atom is 0.141 e.